The second-order valence-electron chi connectivity index (χ2n) is 4.49. The maximum absolute atomic E-state index is 5.39. The van der Waals surface area contributed by atoms with Crippen LogP contribution in [0.4, 0.5) is 5.82 Å². The Hall–Kier alpha value is -1.20. The van der Waals surface area contributed by atoms with E-state index in [0.29, 0.717) is 6.04 Å². The van der Waals surface area contributed by atoms with Gasteiger partial charge in [-0.2, -0.15) is 0 Å². The molecule has 0 radical (unpaired) electrons. The number of hydrogen-bond donors (Lipinski definition) is 1. The molecule has 0 spiro atoms. The molecule has 0 saturated carbocycles. The highest BCUT2D eigenvalue weighted by Gasteiger charge is 2.21. The summed E-state index contributed by atoms with van der Waals surface area (Å²) in [4.78, 5) is 11.2. The van der Waals surface area contributed by atoms with E-state index in [-0.39, 0.29) is 0 Å². The lowest BCUT2D eigenvalue weighted by molar-refractivity contribution is 0.155. The summed E-state index contributed by atoms with van der Waals surface area (Å²) < 4.78 is 5.39. The van der Waals surface area contributed by atoms with Crippen LogP contribution in [-0.4, -0.2) is 48.2 Å². The molecule has 1 fully saturated rings. The fraction of sp³-hybridized carbons (Fsp3) is 0.667. The Morgan fingerprint density at radius 1 is 1.53 bits per heavy atom. The first-order valence-electron chi connectivity index (χ1n) is 5.99. The van der Waals surface area contributed by atoms with Gasteiger partial charge in [0.2, 0.25) is 0 Å². The van der Waals surface area contributed by atoms with Crippen molar-refractivity contribution in [2.45, 2.75) is 25.9 Å². The number of nitrogens with zero attached hydrogens (tertiary/aromatic N) is 3. The zero-order valence-corrected chi connectivity index (χ0v) is 10.7. The van der Waals surface area contributed by atoms with E-state index < -0.39 is 0 Å². The number of anilines is 1. The maximum Gasteiger partial charge on any atom is 0.144 e. The summed E-state index contributed by atoms with van der Waals surface area (Å²) in [6.45, 7) is 4.45. The monoisotopic (exact) mass is 236 g/mol. The Kier molecular flexibility index (Phi) is 3.91. The number of aryl methyl sites for hydroxylation is 1. The van der Waals surface area contributed by atoms with Crippen LogP contribution >= 0.6 is 0 Å². The summed E-state index contributed by atoms with van der Waals surface area (Å²) in [6, 6.07) is 2.44. The predicted molar refractivity (Wildman–Crippen MR) is 67.0 cm³/mol. The number of aromatic nitrogens is 2. The Morgan fingerprint density at radius 2 is 2.35 bits per heavy atom. The third-order valence-electron chi connectivity index (χ3n) is 3.08. The van der Waals surface area contributed by atoms with Gasteiger partial charge >= 0.3 is 0 Å². The molecule has 1 aromatic heterocycles. The van der Waals surface area contributed by atoms with Gasteiger partial charge in [0.1, 0.15) is 11.6 Å². The van der Waals surface area contributed by atoms with Gasteiger partial charge in [0.05, 0.1) is 13.2 Å². The Labute approximate surface area is 102 Å². The van der Waals surface area contributed by atoms with Crippen LogP contribution < -0.4 is 5.32 Å². The van der Waals surface area contributed by atoms with Crippen LogP contribution in [0.25, 0.3) is 0 Å². The van der Waals surface area contributed by atoms with Crippen molar-refractivity contribution >= 4 is 5.82 Å². The lowest BCUT2D eigenvalue weighted by Crippen LogP contribution is -2.32. The van der Waals surface area contributed by atoms with E-state index >= 15 is 0 Å². The smallest absolute Gasteiger partial charge is 0.144 e. The van der Waals surface area contributed by atoms with Crippen LogP contribution in [-0.2, 0) is 11.3 Å². The van der Waals surface area contributed by atoms with Crippen LogP contribution in [0.1, 0.15) is 17.9 Å². The van der Waals surface area contributed by atoms with Crippen LogP contribution in [0, 0.1) is 6.92 Å². The molecule has 0 amide bonds. The maximum atomic E-state index is 5.39. The summed E-state index contributed by atoms with van der Waals surface area (Å²) in [6.07, 6.45) is 1.10. The van der Waals surface area contributed by atoms with E-state index in [9.17, 15) is 0 Å². The molecule has 1 N–H and O–H groups in total. The van der Waals surface area contributed by atoms with Crippen LogP contribution in [0.3, 0.4) is 0 Å². The van der Waals surface area contributed by atoms with Crippen molar-refractivity contribution < 1.29 is 4.74 Å². The molecule has 5 heteroatoms. The van der Waals surface area contributed by atoms with Crippen molar-refractivity contribution in [3.8, 4) is 0 Å². The minimum Gasteiger partial charge on any atom is -0.380 e. The van der Waals surface area contributed by atoms with Gasteiger partial charge in [0, 0.05) is 31.5 Å². The molecule has 2 rings (SSSR count). The summed E-state index contributed by atoms with van der Waals surface area (Å²) in [7, 11) is 3.98. The minimum absolute atomic E-state index is 0.497. The van der Waals surface area contributed by atoms with Crippen molar-refractivity contribution in [2.75, 3.05) is 32.6 Å². The molecule has 0 bridgehead atoms. The Balaban J connectivity index is 2.04. The largest absolute Gasteiger partial charge is 0.380 e. The number of likely N-dealkylation sites (N-methyl/N-ethyl adjacent to an activating group) is 1. The number of hydrogen-bond acceptors (Lipinski definition) is 5. The van der Waals surface area contributed by atoms with Crippen molar-refractivity contribution in [3.05, 3.63) is 17.6 Å². The van der Waals surface area contributed by atoms with E-state index in [1.165, 1.54) is 0 Å². The fourth-order valence-electron chi connectivity index (χ4n) is 2.05. The van der Waals surface area contributed by atoms with Crippen LogP contribution in [0.15, 0.2) is 6.07 Å². The second kappa shape index (κ2) is 5.42. The molecule has 1 unspecified atom stereocenters. The highest BCUT2D eigenvalue weighted by Crippen LogP contribution is 2.13. The average Bonchev–Trinajstić information content (AvgIpc) is 2.81. The quantitative estimate of drug-likeness (QED) is 0.846. The van der Waals surface area contributed by atoms with Gasteiger partial charge in [0.25, 0.3) is 0 Å². The Bertz CT molecular complexity index is 377. The fourth-order valence-corrected chi connectivity index (χ4v) is 2.05. The van der Waals surface area contributed by atoms with Gasteiger partial charge in [0.15, 0.2) is 0 Å². The number of rotatable bonds is 4. The lowest BCUT2D eigenvalue weighted by Gasteiger charge is -2.22. The van der Waals surface area contributed by atoms with Gasteiger partial charge in [-0.05, 0) is 20.4 Å². The minimum atomic E-state index is 0.497. The lowest BCUT2D eigenvalue weighted by atomic mass is 10.2. The molecular weight excluding hydrogens is 216 g/mol. The predicted octanol–water partition coefficient (Wildman–Crippen LogP) is 1.05. The topological polar surface area (TPSA) is 50.3 Å². The van der Waals surface area contributed by atoms with Crippen molar-refractivity contribution in [1.29, 1.82) is 0 Å². The molecule has 1 aliphatic heterocycles. The number of nitrogens with one attached hydrogen (secondary N) is 1. The summed E-state index contributed by atoms with van der Waals surface area (Å²) in [5, 5.41) is 3.06. The van der Waals surface area contributed by atoms with E-state index in [1.54, 1.807) is 0 Å². The molecule has 0 aromatic carbocycles. The van der Waals surface area contributed by atoms with Crippen LogP contribution in [0.2, 0.25) is 0 Å². The van der Waals surface area contributed by atoms with Gasteiger partial charge in [-0.25, -0.2) is 9.97 Å². The van der Waals surface area contributed by atoms with Crippen molar-refractivity contribution in [3.63, 3.8) is 0 Å². The summed E-state index contributed by atoms with van der Waals surface area (Å²) in [5.74, 6) is 1.74. The van der Waals surface area contributed by atoms with Crippen molar-refractivity contribution in [1.82, 2.24) is 14.9 Å². The molecule has 94 valence electrons. The third-order valence-corrected chi connectivity index (χ3v) is 3.08. The molecular formula is C12H20N4O. The van der Waals surface area contributed by atoms with Gasteiger partial charge < -0.3 is 10.1 Å². The van der Waals surface area contributed by atoms with E-state index in [2.05, 4.69) is 27.2 Å². The first-order chi connectivity index (χ1) is 8.19. The molecule has 1 aliphatic rings. The third kappa shape index (κ3) is 3.14. The van der Waals surface area contributed by atoms with Gasteiger partial charge in [-0.15, -0.1) is 0 Å². The average molecular weight is 236 g/mol. The second-order valence-corrected chi connectivity index (χ2v) is 4.49. The standard InChI is InChI=1S/C12H20N4O/c1-9-6-11(13-2)15-12(14-9)7-16(3)10-4-5-17-8-10/h6,10H,4-5,7-8H2,1-3H3,(H,13,14,15). The van der Waals surface area contributed by atoms with Crippen LogP contribution in [0.5, 0.6) is 0 Å². The Morgan fingerprint density at radius 3 is 3.00 bits per heavy atom. The number of ether oxygens (including phenoxy) is 1. The van der Waals surface area contributed by atoms with Gasteiger partial charge in [-0.1, -0.05) is 0 Å². The first kappa shape index (κ1) is 12.3. The zero-order valence-electron chi connectivity index (χ0n) is 10.7. The van der Waals surface area contributed by atoms with E-state index in [4.69, 9.17) is 4.74 Å². The first-order valence-corrected chi connectivity index (χ1v) is 5.99. The normalized spacial score (nSPS) is 19.9. The zero-order chi connectivity index (χ0) is 12.3. The molecule has 5 nitrogen and oxygen atoms in total. The van der Waals surface area contributed by atoms with Gasteiger partial charge in [-0.3, -0.25) is 4.90 Å². The highest BCUT2D eigenvalue weighted by atomic mass is 16.5. The van der Waals surface area contributed by atoms with E-state index in [0.717, 1.165) is 43.5 Å². The molecule has 0 aliphatic carbocycles. The van der Waals surface area contributed by atoms with Crippen molar-refractivity contribution in [2.24, 2.45) is 0 Å². The molecule has 1 aromatic rings. The SMILES string of the molecule is CNc1cc(C)nc(CN(C)C2CCOC2)n1. The summed E-state index contributed by atoms with van der Waals surface area (Å²) in [5.41, 5.74) is 0.996. The molecule has 2 heterocycles. The van der Waals surface area contributed by atoms with E-state index in [1.807, 2.05) is 20.0 Å². The molecule has 1 atom stereocenters. The molecule has 17 heavy (non-hydrogen) atoms. The summed E-state index contributed by atoms with van der Waals surface area (Å²) >= 11 is 0. The highest BCUT2D eigenvalue weighted by molar-refractivity contribution is 5.34. The molecule has 1 saturated heterocycles.